The van der Waals surface area contributed by atoms with Crippen molar-refractivity contribution in [2.75, 3.05) is 25.5 Å². The summed E-state index contributed by atoms with van der Waals surface area (Å²) in [4.78, 5) is 2.12. The molecule has 1 unspecified atom stereocenters. The quantitative estimate of drug-likeness (QED) is 0.909. The van der Waals surface area contributed by atoms with E-state index in [4.69, 9.17) is 5.73 Å². The fourth-order valence-electron chi connectivity index (χ4n) is 2.89. The van der Waals surface area contributed by atoms with Crippen LogP contribution in [0.4, 0.5) is 5.69 Å². The lowest BCUT2D eigenvalue weighted by molar-refractivity contribution is 0.478. The first kappa shape index (κ1) is 15.6. The Morgan fingerprint density at radius 3 is 2.14 bits per heavy atom. The minimum atomic E-state index is -0.0228. The lowest BCUT2D eigenvalue weighted by atomic mass is 9.75. The maximum absolute atomic E-state index is 6.13. The van der Waals surface area contributed by atoms with Gasteiger partial charge in [0.25, 0.3) is 0 Å². The van der Waals surface area contributed by atoms with Crippen molar-refractivity contribution in [2.45, 2.75) is 25.7 Å². The molecule has 0 radical (unpaired) electrons. The normalized spacial score (nSPS) is 13.8. The Bertz CT molecular complexity index is 587. The van der Waals surface area contributed by atoms with Gasteiger partial charge in [-0.2, -0.15) is 0 Å². The molecule has 0 saturated heterocycles. The molecule has 0 spiro atoms. The number of aryl methyl sites for hydroxylation is 1. The smallest absolute Gasteiger partial charge is 0.0361 e. The lowest BCUT2D eigenvalue weighted by Crippen LogP contribution is -2.34. The van der Waals surface area contributed by atoms with E-state index < -0.39 is 0 Å². The van der Waals surface area contributed by atoms with Gasteiger partial charge in [0.15, 0.2) is 0 Å². The van der Waals surface area contributed by atoms with Crippen LogP contribution in [0.3, 0.4) is 0 Å². The fourth-order valence-corrected chi connectivity index (χ4v) is 2.89. The van der Waals surface area contributed by atoms with Crippen LogP contribution in [0.5, 0.6) is 0 Å². The molecule has 2 aromatic rings. The molecule has 2 rings (SSSR count). The van der Waals surface area contributed by atoms with Crippen molar-refractivity contribution in [2.24, 2.45) is 5.73 Å². The van der Waals surface area contributed by atoms with Crippen molar-refractivity contribution in [3.8, 4) is 0 Å². The number of nitrogens with two attached hydrogens (primary N) is 1. The van der Waals surface area contributed by atoms with Crippen LogP contribution >= 0.6 is 0 Å². The Balaban J connectivity index is 2.28. The predicted octanol–water partition coefficient (Wildman–Crippen LogP) is 3.52. The van der Waals surface area contributed by atoms with Gasteiger partial charge in [-0.1, -0.05) is 43.3 Å². The molecule has 2 nitrogen and oxygen atoms in total. The molecule has 0 aromatic heterocycles. The van der Waals surface area contributed by atoms with Gasteiger partial charge in [0.1, 0.15) is 0 Å². The van der Waals surface area contributed by atoms with Crippen molar-refractivity contribution in [3.05, 3.63) is 65.2 Å². The van der Waals surface area contributed by atoms with Crippen molar-refractivity contribution >= 4 is 5.69 Å². The first-order valence-corrected chi connectivity index (χ1v) is 7.49. The molecule has 0 bridgehead atoms. The summed E-state index contributed by atoms with van der Waals surface area (Å²) < 4.78 is 0. The van der Waals surface area contributed by atoms with E-state index in [0.717, 1.165) is 6.42 Å². The third kappa shape index (κ3) is 3.45. The maximum Gasteiger partial charge on any atom is 0.0361 e. The molecule has 21 heavy (non-hydrogen) atoms. The Kier molecular flexibility index (Phi) is 4.69. The number of nitrogens with zero attached hydrogens (tertiary/aromatic N) is 1. The summed E-state index contributed by atoms with van der Waals surface area (Å²) in [5.41, 5.74) is 11.3. The number of hydrogen-bond donors (Lipinski definition) is 1. The summed E-state index contributed by atoms with van der Waals surface area (Å²) in [6.07, 6.45) is 0.960. The minimum absolute atomic E-state index is 0.0228. The second-order valence-corrected chi connectivity index (χ2v) is 6.32. The molecular formula is C19H26N2. The summed E-state index contributed by atoms with van der Waals surface area (Å²) >= 11 is 0. The van der Waals surface area contributed by atoms with Gasteiger partial charge >= 0.3 is 0 Å². The van der Waals surface area contributed by atoms with Gasteiger partial charge < -0.3 is 10.6 Å². The van der Waals surface area contributed by atoms with Gasteiger partial charge in [0.05, 0.1) is 0 Å². The van der Waals surface area contributed by atoms with Gasteiger partial charge in [-0.15, -0.1) is 0 Å². The zero-order valence-electron chi connectivity index (χ0n) is 13.6. The Labute approximate surface area is 128 Å². The second-order valence-electron chi connectivity index (χ2n) is 6.32. The van der Waals surface area contributed by atoms with Gasteiger partial charge in [-0.3, -0.25) is 0 Å². The Morgan fingerprint density at radius 2 is 1.62 bits per heavy atom. The third-order valence-corrected chi connectivity index (χ3v) is 4.29. The standard InChI is InChI=1S/C19H26N2/c1-15-7-5-6-8-18(15)19(2,14-20)13-16-9-11-17(12-10-16)21(3)4/h5-12H,13-14,20H2,1-4H3. The molecule has 1 atom stereocenters. The van der Waals surface area contributed by atoms with Gasteiger partial charge in [-0.05, 0) is 42.2 Å². The van der Waals surface area contributed by atoms with Crippen molar-refractivity contribution in [3.63, 3.8) is 0 Å². The summed E-state index contributed by atoms with van der Waals surface area (Å²) in [5, 5.41) is 0. The zero-order chi connectivity index (χ0) is 15.5. The van der Waals surface area contributed by atoms with Crippen LogP contribution in [-0.2, 0) is 11.8 Å². The van der Waals surface area contributed by atoms with E-state index in [1.807, 2.05) is 0 Å². The van der Waals surface area contributed by atoms with E-state index in [1.165, 1.54) is 22.4 Å². The number of rotatable bonds is 5. The van der Waals surface area contributed by atoms with E-state index in [1.54, 1.807) is 0 Å². The first-order chi connectivity index (χ1) is 9.96. The summed E-state index contributed by atoms with van der Waals surface area (Å²) in [7, 11) is 4.12. The van der Waals surface area contributed by atoms with Gasteiger partial charge in [-0.25, -0.2) is 0 Å². The molecular weight excluding hydrogens is 256 g/mol. The first-order valence-electron chi connectivity index (χ1n) is 7.49. The topological polar surface area (TPSA) is 29.3 Å². The van der Waals surface area contributed by atoms with Crippen LogP contribution in [0.25, 0.3) is 0 Å². The van der Waals surface area contributed by atoms with Crippen molar-refractivity contribution in [1.29, 1.82) is 0 Å². The molecule has 112 valence electrons. The van der Waals surface area contributed by atoms with Crippen LogP contribution in [-0.4, -0.2) is 20.6 Å². The number of anilines is 1. The number of benzene rings is 2. The second kappa shape index (κ2) is 6.31. The highest BCUT2D eigenvalue weighted by molar-refractivity contribution is 5.46. The van der Waals surface area contributed by atoms with Crippen molar-refractivity contribution in [1.82, 2.24) is 0 Å². The SMILES string of the molecule is Cc1ccccc1C(C)(CN)Cc1ccc(N(C)C)cc1. The van der Waals surface area contributed by atoms with Crippen LogP contribution in [0.2, 0.25) is 0 Å². The van der Waals surface area contributed by atoms with Gasteiger partial charge in [0, 0.05) is 31.7 Å². The molecule has 0 aliphatic heterocycles. The zero-order valence-corrected chi connectivity index (χ0v) is 13.6. The van der Waals surface area contributed by atoms with Crippen LogP contribution in [0.15, 0.2) is 48.5 Å². The third-order valence-electron chi connectivity index (χ3n) is 4.29. The van der Waals surface area contributed by atoms with Crippen LogP contribution in [0, 0.1) is 6.92 Å². The lowest BCUT2D eigenvalue weighted by Gasteiger charge is -2.30. The largest absolute Gasteiger partial charge is 0.378 e. The minimum Gasteiger partial charge on any atom is -0.378 e. The molecule has 2 heteroatoms. The Morgan fingerprint density at radius 1 is 1.00 bits per heavy atom. The summed E-state index contributed by atoms with van der Waals surface area (Å²) in [5.74, 6) is 0. The van der Waals surface area contributed by atoms with E-state index >= 15 is 0 Å². The van der Waals surface area contributed by atoms with E-state index in [-0.39, 0.29) is 5.41 Å². The Hall–Kier alpha value is -1.80. The number of hydrogen-bond acceptors (Lipinski definition) is 2. The molecule has 0 amide bonds. The van der Waals surface area contributed by atoms with E-state index in [2.05, 4.69) is 81.4 Å². The maximum atomic E-state index is 6.13. The highest BCUT2D eigenvalue weighted by Crippen LogP contribution is 2.30. The molecule has 0 aliphatic rings. The van der Waals surface area contributed by atoms with Crippen molar-refractivity contribution < 1.29 is 0 Å². The molecule has 0 fully saturated rings. The summed E-state index contributed by atoms with van der Waals surface area (Å²) in [6.45, 7) is 5.07. The molecule has 0 heterocycles. The van der Waals surface area contributed by atoms with E-state index in [0.29, 0.717) is 6.54 Å². The molecule has 2 N–H and O–H groups in total. The van der Waals surface area contributed by atoms with Gasteiger partial charge in [0.2, 0.25) is 0 Å². The van der Waals surface area contributed by atoms with E-state index in [9.17, 15) is 0 Å². The monoisotopic (exact) mass is 282 g/mol. The average molecular weight is 282 g/mol. The molecule has 2 aromatic carbocycles. The highest BCUT2D eigenvalue weighted by Gasteiger charge is 2.26. The van der Waals surface area contributed by atoms with Crippen LogP contribution in [0.1, 0.15) is 23.6 Å². The summed E-state index contributed by atoms with van der Waals surface area (Å²) in [6, 6.07) is 17.3. The molecule has 0 saturated carbocycles. The average Bonchev–Trinajstić information content (AvgIpc) is 2.48. The predicted molar refractivity (Wildman–Crippen MR) is 92.1 cm³/mol. The molecule has 0 aliphatic carbocycles. The van der Waals surface area contributed by atoms with Crippen LogP contribution < -0.4 is 10.6 Å². The highest BCUT2D eigenvalue weighted by atomic mass is 15.1. The fraction of sp³-hybridized carbons (Fsp3) is 0.368.